The molecule has 0 atom stereocenters. The fourth-order valence-corrected chi connectivity index (χ4v) is 2.21. The normalized spacial score (nSPS) is 11.4. The van der Waals surface area contributed by atoms with Gasteiger partial charge in [-0.3, -0.25) is 0 Å². The van der Waals surface area contributed by atoms with Crippen LogP contribution >= 0.6 is 15.9 Å². The van der Waals surface area contributed by atoms with Gasteiger partial charge in [-0.2, -0.15) is 0 Å². The van der Waals surface area contributed by atoms with E-state index >= 15 is 0 Å². The topological polar surface area (TPSA) is 61.8 Å². The summed E-state index contributed by atoms with van der Waals surface area (Å²) in [6.07, 6.45) is 0. The van der Waals surface area contributed by atoms with E-state index in [2.05, 4.69) is 21.1 Å². The van der Waals surface area contributed by atoms with Gasteiger partial charge in [-0.05, 0) is 42.5 Å². The Balaban J connectivity index is 2.50. The summed E-state index contributed by atoms with van der Waals surface area (Å²) >= 11 is 3.39. The van der Waals surface area contributed by atoms with E-state index in [-0.39, 0.29) is 11.7 Å². The van der Waals surface area contributed by atoms with Gasteiger partial charge in [0.25, 0.3) is 0 Å². The third-order valence-corrected chi connectivity index (χ3v) is 3.41. The molecule has 0 spiro atoms. The molecule has 0 radical (unpaired) electrons. The van der Waals surface area contributed by atoms with Crippen LogP contribution in [0.3, 0.4) is 0 Å². The number of rotatable bonds is 3. The Bertz CT molecular complexity index is 643. The van der Waals surface area contributed by atoms with Gasteiger partial charge in [-0.1, -0.05) is 21.1 Å². The molecule has 0 amide bonds. The van der Waals surface area contributed by atoms with Crippen LogP contribution < -0.4 is 10.6 Å². The van der Waals surface area contributed by atoms with Gasteiger partial charge in [0.05, 0.1) is 5.69 Å². The molecule has 104 valence electrons. The first kappa shape index (κ1) is 14.3. The molecule has 4 nitrogen and oxygen atoms in total. The van der Waals surface area contributed by atoms with Gasteiger partial charge in [0.2, 0.25) is 0 Å². The molecule has 0 fully saturated rings. The third-order valence-electron chi connectivity index (χ3n) is 2.92. The van der Waals surface area contributed by atoms with Crippen LogP contribution in [0.15, 0.2) is 52.1 Å². The van der Waals surface area contributed by atoms with Crippen LogP contribution in [0.25, 0.3) is 0 Å². The lowest BCUT2D eigenvalue weighted by Gasteiger charge is -2.22. The van der Waals surface area contributed by atoms with Gasteiger partial charge < -0.3 is 15.8 Å². The fourth-order valence-electron chi connectivity index (χ4n) is 1.86. The van der Waals surface area contributed by atoms with E-state index in [1.807, 2.05) is 18.0 Å². The van der Waals surface area contributed by atoms with Crippen LogP contribution in [0.1, 0.15) is 5.56 Å². The molecule has 0 aromatic heterocycles. The smallest absolute Gasteiger partial charge is 0.172 e. The Morgan fingerprint density at radius 1 is 1.25 bits per heavy atom. The van der Waals surface area contributed by atoms with Gasteiger partial charge in [-0.25, -0.2) is 4.39 Å². The van der Waals surface area contributed by atoms with Crippen molar-refractivity contribution in [3.63, 3.8) is 0 Å². The number of halogens is 2. The van der Waals surface area contributed by atoms with E-state index in [4.69, 9.17) is 10.9 Å². The lowest BCUT2D eigenvalue weighted by molar-refractivity contribution is 0.318. The summed E-state index contributed by atoms with van der Waals surface area (Å²) in [6, 6.07) is 11.5. The molecule has 0 aliphatic carbocycles. The lowest BCUT2D eigenvalue weighted by atomic mass is 10.1. The Morgan fingerprint density at radius 3 is 2.50 bits per heavy atom. The summed E-state index contributed by atoms with van der Waals surface area (Å²) in [4.78, 5) is 1.83. The average Bonchev–Trinajstić information content (AvgIpc) is 2.46. The Labute approximate surface area is 124 Å². The number of benzene rings is 2. The highest BCUT2D eigenvalue weighted by Crippen LogP contribution is 2.30. The highest BCUT2D eigenvalue weighted by atomic mass is 79.9. The summed E-state index contributed by atoms with van der Waals surface area (Å²) in [7, 11) is 1.82. The standard InChI is InChI=1S/C14H13BrFN3O/c1-19(11-5-3-10(16)4-6-11)13-8-9(15)2-7-12(13)14(17)18-20/h2-8,20H,1H3,(H2,17,18). The van der Waals surface area contributed by atoms with E-state index in [9.17, 15) is 4.39 Å². The zero-order chi connectivity index (χ0) is 14.7. The number of hydrogen-bond acceptors (Lipinski definition) is 3. The average molecular weight is 338 g/mol. The van der Waals surface area contributed by atoms with Crippen molar-refractivity contribution in [3.05, 3.63) is 58.3 Å². The third kappa shape index (κ3) is 2.91. The van der Waals surface area contributed by atoms with Crippen molar-refractivity contribution in [2.75, 3.05) is 11.9 Å². The van der Waals surface area contributed by atoms with Crippen molar-refractivity contribution in [2.45, 2.75) is 0 Å². The van der Waals surface area contributed by atoms with E-state index in [1.54, 1.807) is 24.3 Å². The van der Waals surface area contributed by atoms with E-state index < -0.39 is 0 Å². The maximum Gasteiger partial charge on any atom is 0.172 e. The zero-order valence-corrected chi connectivity index (χ0v) is 12.3. The zero-order valence-electron chi connectivity index (χ0n) is 10.7. The van der Waals surface area contributed by atoms with Crippen LogP contribution in [-0.4, -0.2) is 18.1 Å². The molecule has 2 aromatic carbocycles. The summed E-state index contributed by atoms with van der Waals surface area (Å²) in [6.45, 7) is 0. The van der Waals surface area contributed by atoms with E-state index in [1.165, 1.54) is 12.1 Å². The molecular formula is C14H13BrFN3O. The number of oxime groups is 1. The first-order valence-electron chi connectivity index (χ1n) is 5.79. The van der Waals surface area contributed by atoms with Crippen molar-refractivity contribution in [2.24, 2.45) is 10.9 Å². The van der Waals surface area contributed by atoms with Gasteiger partial charge in [0.1, 0.15) is 5.82 Å². The fraction of sp³-hybridized carbons (Fsp3) is 0.0714. The quantitative estimate of drug-likeness (QED) is 0.390. The molecule has 0 aliphatic rings. The minimum atomic E-state index is -0.298. The molecule has 20 heavy (non-hydrogen) atoms. The maximum absolute atomic E-state index is 13.0. The lowest BCUT2D eigenvalue weighted by Crippen LogP contribution is -2.19. The summed E-state index contributed by atoms with van der Waals surface area (Å²) in [5, 5.41) is 11.9. The van der Waals surface area contributed by atoms with Crippen LogP contribution in [0.5, 0.6) is 0 Å². The van der Waals surface area contributed by atoms with Crippen molar-refractivity contribution >= 4 is 33.1 Å². The van der Waals surface area contributed by atoms with Crippen LogP contribution in [0.4, 0.5) is 15.8 Å². The summed E-state index contributed by atoms with van der Waals surface area (Å²) < 4.78 is 13.8. The molecule has 0 bridgehead atoms. The molecule has 0 unspecified atom stereocenters. The van der Waals surface area contributed by atoms with Gasteiger partial charge in [0.15, 0.2) is 5.84 Å². The predicted octanol–water partition coefficient (Wildman–Crippen LogP) is 3.45. The predicted molar refractivity (Wildman–Crippen MR) is 81.1 cm³/mol. The molecule has 6 heteroatoms. The maximum atomic E-state index is 13.0. The minimum Gasteiger partial charge on any atom is -0.409 e. The summed E-state index contributed by atoms with van der Waals surface area (Å²) in [5.41, 5.74) is 7.79. The minimum absolute atomic E-state index is 0.0152. The largest absolute Gasteiger partial charge is 0.409 e. The molecule has 0 aliphatic heterocycles. The molecule has 0 saturated carbocycles. The van der Waals surface area contributed by atoms with Crippen LogP contribution in [-0.2, 0) is 0 Å². The van der Waals surface area contributed by atoms with Crippen molar-refractivity contribution in [1.82, 2.24) is 0 Å². The van der Waals surface area contributed by atoms with Gasteiger partial charge >= 0.3 is 0 Å². The number of anilines is 2. The van der Waals surface area contributed by atoms with Crippen molar-refractivity contribution < 1.29 is 9.60 Å². The molecule has 2 rings (SSSR count). The number of nitrogens with zero attached hydrogens (tertiary/aromatic N) is 2. The second-order valence-electron chi connectivity index (χ2n) is 4.18. The van der Waals surface area contributed by atoms with Crippen molar-refractivity contribution in [3.8, 4) is 0 Å². The Kier molecular flexibility index (Phi) is 4.24. The number of amidine groups is 1. The molecule has 0 saturated heterocycles. The van der Waals surface area contributed by atoms with Gasteiger partial charge in [0, 0.05) is 22.8 Å². The van der Waals surface area contributed by atoms with E-state index in [0.29, 0.717) is 5.56 Å². The molecule has 0 heterocycles. The highest BCUT2D eigenvalue weighted by molar-refractivity contribution is 9.10. The summed E-state index contributed by atoms with van der Waals surface area (Å²) in [5.74, 6) is -0.283. The SMILES string of the molecule is CN(c1ccc(F)cc1)c1cc(Br)ccc1/C(N)=N/O. The number of nitrogens with two attached hydrogens (primary N) is 1. The second kappa shape index (κ2) is 5.92. The Morgan fingerprint density at radius 2 is 1.90 bits per heavy atom. The van der Waals surface area contributed by atoms with Crippen LogP contribution in [0, 0.1) is 5.82 Å². The first-order valence-corrected chi connectivity index (χ1v) is 6.59. The molecular weight excluding hydrogens is 325 g/mol. The Hall–Kier alpha value is -2.08. The molecule has 3 N–H and O–H groups in total. The molecule has 2 aromatic rings. The highest BCUT2D eigenvalue weighted by Gasteiger charge is 2.13. The number of hydrogen-bond donors (Lipinski definition) is 2. The first-order chi connectivity index (χ1) is 9.52. The van der Waals surface area contributed by atoms with Crippen molar-refractivity contribution in [1.29, 1.82) is 0 Å². The van der Waals surface area contributed by atoms with E-state index in [0.717, 1.165) is 15.8 Å². The van der Waals surface area contributed by atoms with Gasteiger partial charge in [-0.15, -0.1) is 0 Å². The monoisotopic (exact) mass is 337 g/mol. The van der Waals surface area contributed by atoms with Crippen LogP contribution in [0.2, 0.25) is 0 Å². The second-order valence-corrected chi connectivity index (χ2v) is 5.10.